The predicted octanol–water partition coefficient (Wildman–Crippen LogP) is 3.75. The molecule has 3 rings (SSSR count). The Bertz CT molecular complexity index is 782. The Labute approximate surface area is 133 Å². The van der Waals surface area contributed by atoms with Crippen LogP contribution in [0.15, 0.2) is 54.2 Å². The molecule has 0 radical (unpaired) electrons. The highest BCUT2D eigenvalue weighted by atomic mass is 35.5. The Morgan fingerprint density at radius 1 is 1.09 bits per heavy atom. The van der Waals surface area contributed by atoms with E-state index in [0.29, 0.717) is 10.7 Å². The first-order chi connectivity index (χ1) is 10.5. The summed E-state index contributed by atoms with van der Waals surface area (Å²) >= 11 is 5.92. The first kappa shape index (κ1) is 14.4. The highest BCUT2D eigenvalue weighted by molar-refractivity contribution is 6.31. The average Bonchev–Trinajstić information content (AvgIpc) is 2.75. The Hall–Kier alpha value is -2.59. The molecule has 0 atom stereocenters. The monoisotopic (exact) mass is 312 g/mol. The molecular weight excluding hydrogens is 300 g/mol. The summed E-state index contributed by atoms with van der Waals surface area (Å²) in [7, 11) is 0. The van der Waals surface area contributed by atoms with Crippen molar-refractivity contribution in [3.8, 4) is 0 Å². The standard InChI is InChI=1S/C17H13ClN2O2/c1-11-5-7-14(8-6-11)20-16(21)15(19-17(20)22)10-12-3-2-4-13(18)9-12/h2-10H,1H3,(H,19,22)/b15-10-. The van der Waals surface area contributed by atoms with Gasteiger partial charge in [0.1, 0.15) is 5.70 Å². The molecule has 0 saturated carbocycles. The lowest BCUT2D eigenvalue weighted by molar-refractivity contribution is -0.113. The topological polar surface area (TPSA) is 49.4 Å². The van der Waals surface area contributed by atoms with Gasteiger partial charge in [0.15, 0.2) is 0 Å². The van der Waals surface area contributed by atoms with Crippen LogP contribution in [0.2, 0.25) is 5.02 Å². The number of hydrogen-bond acceptors (Lipinski definition) is 2. The molecular formula is C17H13ClN2O2. The van der Waals surface area contributed by atoms with E-state index in [-0.39, 0.29) is 11.6 Å². The molecule has 1 saturated heterocycles. The zero-order valence-electron chi connectivity index (χ0n) is 11.8. The van der Waals surface area contributed by atoms with E-state index in [1.165, 1.54) is 0 Å². The summed E-state index contributed by atoms with van der Waals surface area (Å²) < 4.78 is 0. The van der Waals surface area contributed by atoms with E-state index in [2.05, 4.69) is 5.32 Å². The van der Waals surface area contributed by atoms with Crippen LogP contribution in [-0.2, 0) is 4.79 Å². The maximum Gasteiger partial charge on any atom is 0.333 e. The Balaban J connectivity index is 1.93. The number of amides is 3. The van der Waals surface area contributed by atoms with Crippen LogP contribution in [0.3, 0.4) is 0 Å². The first-order valence-corrected chi connectivity index (χ1v) is 7.12. The molecule has 1 N–H and O–H groups in total. The summed E-state index contributed by atoms with van der Waals surface area (Å²) in [4.78, 5) is 25.6. The molecule has 0 bridgehead atoms. The largest absolute Gasteiger partial charge is 0.333 e. The lowest BCUT2D eigenvalue weighted by Gasteiger charge is -2.11. The molecule has 0 unspecified atom stereocenters. The van der Waals surface area contributed by atoms with E-state index >= 15 is 0 Å². The highest BCUT2D eigenvalue weighted by Gasteiger charge is 2.34. The second kappa shape index (κ2) is 5.66. The maximum absolute atomic E-state index is 12.4. The Morgan fingerprint density at radius 2 is 1.82 bits per heavy atom. The third kappa shape index (κ3) is 2.73. The van der Waals surface area contributed by atoms with Crippen molar-refractivity contribution in [3.05, 3.63) is 70.4 Å². The number of rotatable bonds is 2. The fourth-order valence-corrected chi connectivity index (χ4v) is 2.43. The first-order valence-electron chi connectivity index (χ1n) is 6.74. The summed E-state index contributed by atoms with van der Waals surface area (Å²) in [5, 5.41) is 3.16. The number of imide groups is 1. The lowest BCUT2D eigenvalue weighted by Crippen LogP contribution is -2.30. The molecule has 1 fully saturated rings. The van der Waals surface area contributed by atoms with Crippen molar-refractivity contribution in [1.82, 2.24) is 5.32 Å². The van der Waals surface area contributed by atoms with Crippen LogP contribution in [0.25, 0.3) is 6.08 Å². The number of hydrogen-bond donors (Lipinski definition) is 1. The van der Waals surface area contributed by atoms with Crippen LogP contribution >= 0.6 is 11.6 Å². The summed E-state index contributed by atoms with van der Waals surface area (Å²) in [6.45, 7) is 1.94. The van der Waals surface area contributed by atoms with Crippen LogP contribution in [-0.4, -0.2) is 11.9 Å². The summed E-state index contributed by atoms with van der Waals surface area (Å²) in [5.41, 5.74) is 2.59. The smallest absolute Gasteiger partial charge is 0.302 e. The molecule has 0 spiro atoms. The number of carbonyl (C=O) groups is 2. The summed E-state index contributed by atoms with van der Waals surface area (Å²) in [5.74, 6) is -0.381. The second-order valence-corrected chi connectivity index (χ2v) is 5.46. The number of anilines is 1. The fraction of sp³-hybridized carbons (Fsp3) is 0.0588. The third-order valence-electron chi connectivity index (χ3n) is 3.33. The maximum atomic E-state index is 12.4. The minimum Gasteiger partial charge on any atom is -0.302 e. The second-order valence-electron chi connectivity index (χ2n) is 5.02. The Morgan fingerprint density at radius 3 is 2.50 bits per heavy atom. The van der Waals surface area contributed by atoms with Gasteiger partial charge in [-0.05, 0) is 42.8 Å². The van der Waals surface area contributed by atoms with Crippen molar-refractivity contribution in [3.63, 3.8) is 0 Å². The SMILES string of the molecule is Cc1ccc(N2C(=O)N/C(=C\c3cccc(Cl)c3)C2=O)cc1. The third-order valence-corrected chi connectivity index (χ3v) is 3.57. The van der Waals surface area contributed by atoms with Gasteiger partial charge in [-0.15, -0.1) is 0 Å². The van der Waals surface area contributed by atoms with E-state index in [0.717, 1.165) is 16.0 Å². The molecule has 2 aromatic carbocycles. The van der Waals surface area contributed by atoms with E-state index < -0.39 is 6.03 Å². The van der Waals surface area contributed by atoms with Crippen LogP contribution in [0.1, 0.15) is 11.1 Å². The van der Waals surface area contributed by atoms with Crippen LogP contribution in [0, 0.1) is 6.92 Å². The Kier molecular flexibility index (Phi) is 3.69. The van der Waals surface area contributed by atoms with Gasteiger partial charge in [0.2, 0.25) is 0 Å². The number of aryl methyl sites for hydroxylation is 1. The zero-order chi connectivity index (χ0) is 15.7. The van der Waals surface area contributed by atoms with Gasteiger partial charge < -0.3 is 5.32 Å². The molecule has 110 valence electrons. The highest BCUT2D eigenvalue weighted by Crippen LogP contribution is 2.23. The van der Waals surface area contributed by atoms with Gasteiger partial charge in [-0.1, -0.05) is 41.4 Å². The summed E-state index contributed by atoms with van der Waals surface area (Å²) in [6, 6.07) is 13.8. The van der Waals surface area contributed by atoms with Crippen LogP contribution < -0.4 is 10.2 Å². The molecule has 0 aliphatic carbocycles. The molecule has 4 nitrogen and oxygen atoms in total. The predicted molar refractivity (Wildman–Crippen MR) is 86.6 cm³/mol. The average molecular weight is 313 g/mol. The molecule has 5 heteroatoms. The normalized spacial score (nSPS) is 16.3. The van der Waals surface area contributed by atoms with Gasteiger partial charge in [-0.3, -0.25) is 4.79 Å². The minimum atomic E-state index is -0.456. The molecule has 2 aromatic rings. The van der Waals surface area contributed by atoms with Gasteiger partial charge in [0, 0.05) is 5.02 Å². The van der Waals surface area contributed by atoms with E-state index in [1.54, 1.807) is 36.4 Å². The quantitative estimate of drug-likeness (QED) is 0.678. The molecule has 0 aromatic heterocycles. The van der Waals surface area contributed by atoms with Crippen molar-refractivity contribution in [2.75, 3.05) is 4.90 Å². The van der Waals surface area contributed by atoms with Gasteiger partial charge in [0.05, 0.1) is 5.69 Å². The molecule has 1 aliphatic rings. The van der Waals surface area contributed by atoms with Crippen LogP contribution in [0.4, 0.5) is 10.5 Å². The lowest BCUT2D eigenvalue weighted by atomic mass is 10.2. The molecule has 3 amide bonds. The van der Waals surface area contributed by atoms with Gasteiger partial charge in [0.25, 0.3) is 5.91 Å². The molecule has 22 heavy (non-hydrogen) atoms. The number of nitrogens with one attached hydrogen (secondary N) is 1. The summed E-state index contributed by atoms with van der Waals surface area (Å²) in [6.07, 6.45) is 1.61. The molecule has 1 aliphatic heterocycles. The van der Waals surface area contributed by atoms with Crippen molar-refractivity contribution in [2.24, 2.45) is 0 Å². The van der Waals surface area contributed by atoms with Crippen molar-refractivity contribution in [1.29, 1.82) is 0 Å². The zero-order valence-corrected chi connectivity index (χ0v) is 12.6. The van der Waals surface area contributed by atoms with Gasteiger partial charge >= 0.3 is 6.03 Å². The number of urea groups is 1. The van der Waals surface area contributed by atoms with Crippen LogP contribution in [0.5, 0.6) is 0 Å². The fourth-order valence-electron chi connectivity index (χ4n) is 2.23. The van der Waals surface area contributed by atoms with E-state index in [4.69, 9.17) is 11.6 Å². The molecule has 1 heterocycles. The van der Waals surface area contributed by atoms with Crippen molar-refractivity contribution < 1.29 is 9.59 Å². The number of carbonyl (C=O) groups excluding carboxylic acids is 2. The van der Waals surface area contributed by atoms with E-state index in [1.807, 2.05) is 25.1 Å². The van der Waals surface area contributed by atoms with Crippen molar-refractivity contribution >= 4 is 35.3 Å². The number of benzene rings is 2. The minimum absolute atomic E-state index is 0.229. The van der Waals surface area contributed by atoms with Gasteiger partial charge in [-0.25, -0.2) is 9.69 Å². The number of halogens is 1. The van der Waals surface area contributed by atoms with E-state index in [9.17, 15) is 9.59 Å². The van der Waals surface area contributed by atoms with Gasteiger partial charge in [-0.2, -0.15) is 0 Å². The van der Waals surface area contributed by atoms with Crippen molar-refractivity contribution in [2.45, 2.75) is 6.92 Å². The number of nitrogens with zero attached hydrogens (tertiary/aromatic N) is 1.